The van der Waals surface area contributed by atoms with E-state index in [1.165, 1.54) is 0 Å². The predicted octanol–water partition coefficient (Wildman–Crippen LogP) is 1.97. The van der Waals surface area contributed by atoms with Gasteiger partial charge < -0.3 is 10.2 Å². The zero-order valence-electron chi connectivity index (χ0n) is 11.1. The van der Waals surface area contributed by atoms with Crippen LogP contribution < -0.4 is 5.32 Å². The summed E-state index contributed by atoms with van der Waals surface area (Å²) in [5, 5.41) is 3.53. The average Bonchev–Trinajstić information content (AvgIpc) is 3.20. The normalized spacial score (nSPS) is 22.1. The van der Waals surface area contributed by atoms with Crippen LogP contribution in [0, 0.1) is 5.92 Å². The van der Waals surface area contributed by atoms with Crippen molar-refractivity contribution in [2.75, 3.05) is 6.54 Å². The van der Waals surface area contributed by atoms with Crippen molar-refractivity contribution in [3.8, 4) is 0 Å². The van der Waals surface area contributed by atoms with Crippen LogP contribution in [0.4, 0.5) is 0 Å². The Balaban J connectivity index is 1.55. The molecule has 1 heterocycles. The largest absolute Gasteiger partial charge is 0.352 e. The molecule has 1 aliphatic heterocycles. The molecule has 0 bridgehead atoms. The van der Waals surface area contributed by atoms with Gasteiger partial charge in [-0.15, -0.1) is 0 Å². The minimum atomic E-state index is -0.217. The molecule has 0 unspecified atom stereocenters. The van der Waals surface area contributed by atoms with E-state index in [1.54, 1.807) is 6.07 Å². The second-order valence-electron chi connectivity index (χ2n) is 5.49. The average molecular weight is 293 g/mol. The van der Waals surface area contributed by atoms with Crippen LogP contribution in [0.5, 0.6) is 0 Å². The number of carbonyl (C=O) groups is 2. The predicted molar refractivity (Wildman–Crippen MR) is 76.1 cm³/mol. The summed E-state index contributed by atoms with van der Waals surface area (Å²) in [7, 11) is 0. The highest BCUT2D eigenvalue weighted by atomic mass is 35.5. The number of benzene rings is 1. The molecule has 2 amide bonds. The quantitative estimate of drug-likeness (QED) is 0.922. The highest BCUT2D eigenvalue weighted by Crippen LogP contribution is 2.32. The minimum Gasteiger partial charge on any atom is -0.352 e. The molecule has 3 rings (SSSR count). The van der Waals surface area contributed by atoms with E-state index in [2.05, 4.69) is 5.32 Å². The fraction of sp³-hybridized carbons (Fsp3) is 0.467. The zero-order chi connectivity index (χ0) is 14.1. The maximum Gasteiger partial charge on any atom is 0.225 e. The van der Waals surface area contributed by atoms with Crippen LogP contribution >= 0.6 is 11.6 Å². The SMILES string of the molecule is O=C(NCc1ccccc1Cl)[C@@H]1CC(=O)N(C2CC2)C1. The van der Waals surface area contributed by atoms with E-state index in [0.29, 0.717) is 30.6 Å². The molecule has 1 atom stereocenters. The second-order valence-corrected chi connectivity index (χ2v) is 5.89. The lowest BCUT2D eigenvalue weighted by Crippen LogP contribution is -2.33. The van der Waals surface area contributed by atoms with Crippen molar-refractivity contribution in [1.29, 1.82) is 0 Å². The van der Waals surface area contributed by atoms with Crippen LogP contribution in [0.1, 0.15) is 24.8 Å². The summed E-state index contributed by atoms with van der Waals surface area (Å²) in [6, 6.07) is 7.83. The van der Waals surface area contributed by atoms with Gasteiger partial charge in [0.05, 0.1) is 5.92 Å². The first kappa shape index (κ1) is 13.4. The van der Waals surface area contributed by atoms with Gasteiger partial charge in [-0.25, -0.2) is 0 Å². The van der Waals surface area contributed by atoms with Crippen LogP contribution in [-0.4, -0.2) is 29.3 Å². The Morgan fingerprint density at radius 3 is 2.80 bits per heavy atom. The molecule has 0 radical (unpaired) electrons. The molecule has 1 aromatic rings. The molecule has 1 aliphatic carbocycles. The highest BCUT2D eigenvalue weighted by Gasteiger charge is 2.41. The number of carbonyl (C=O) groups excluding carboxylic acids is 2. The Labute approximate surface area is 123 Å². The minimum absolute atomic E-state index is 0.0542. The number of rotatable bonds is 4. The standard InChI is InChI=1S/C15H17ClN2O2/c16-13-4-2-1-3-10(13)8-17-15(20)11-7-14(19)18(9-11)12-5-6-12/h1-4,11-12H,5-9H2,(H,17,20)/t11-/m1/s1. The Morgan fingerprint density at radius 2 is 2.10 bits per heavy atom. The molecular formula is C15H17ClN2O2. The molecule has 106 valence electrons. The van der Waals surface area contributed by atoms with Gasteiger partial charge in [-0.1, -0.05) is 29.8 Å². The summed E-state index contributed by atoms with van der Waals surface area (Å²) >= 11 is 6.05. The summed E-state index contributed by atoms with van der Waals surface area (Å²) in [6.45, 7) is 0.977. The second kappa shape index (κ2) is 5.44. The maximum absolute atomic E-state index is 12.1. The fourth-order valence-electron chi connectivity index (χ4n) is 2.61. The number of likely N-dealkylation sites (tertiary alicyclic amines) is 1. The molecule has 20 heavy (non-hydrogen) atoms. The van der Waals surface area contributed by atoms with E-state index in [9.17, 15) is 9.59 Å². The number of nitrogens with zero attached hydrogens (tertiary/aromatic N) is 1. The summed E-state index contributed by atoms with van der Waals surface area (Å²) in [5.41, 5.74) is 0.894. The van der Waals surface area contributed by atoms with Crippen molar-refractivity contribution >= 4 is 23.4 Å². The van der Waals surface area contributed by atoms with Crippen molar-refractivity contribution in [3.05, 3.63) is 34.9 Å². The first-order chi connectivity index (χ1) is 9.65. The first-order valence-electron chi connectivity index (χ1n) is 6.95. The summed E-state index contributed by atoms with van der Waals surface area (Å²) in [6.07, 6.45) is 2.50. The van der Waals surface area contributed by atoms with E-state index in [1.807, 2.05) is 23.1 Å². The Kier molecular flexibility index (Phi) is 3.66. The third-order valence-electron chi connectivity index (χ3n) is 3.93. The van der Waals surface area contributed by atoms with E-state index in [0.717, 1.165) is 18.4 Å². The molecule has 1 saturated heterocycles. The molecule has 0 aromatic heterocycles. The van der Waals surface area contributed by atoms with Gasteiger partial charge in [0.15, 0.2) is 0 Å². The lowest BCUT2D eigenvalue weighted by molar-refractivity contribution is -0.129. The van der Waals surface area contributed by atoms with E-state index in [-0.39, 0.29) is 17.7 Å². The van der Waals surface area contributed by atoms with Crippen molar-refractivity contribution in [3.63, 3.8) is 0 Å². The van der Waals surface area contributed by atoms with Gasteiger partial charge in [0, 0.05) is 30.6 Å². The van der Waals surface area contributed by atoms with Gasteiger partial charge in [-0.05, 0) is 24.5 Å². The molecule has 4 nitrogen and oxygen atoms in total. The summed E-state index contributed by atoms with van der Waals surface area (Å²) < 4.78 is 0. The van der Waals surface area contributed by atoms with Crippen molar-refractivity contribution in [2.24, 2.45) is 5.92 Å². The number of nitrogens with one attached hydrogen (secondary N) is 1. The van der Waals surface area contributed by atoms with Crippen LogP contribution in [0.15, 0.2) is 24.3 Å². The highest BCUT2D eigenvalue weighted by molar-refractivity contribution is 6.31. The smallest absolute Gasteiger partial charge is 0.225 e. The maximum atomic E-state index is 12.1. The zero-order valence-corrected chi connectivity index (χ0v) is 11.9. The van der Waals surface area contributed by atoms with Gasteiger partial charge in [0.25, 0.3) is 0 Å². The van der Waals surface area contributed by atoms with Gasteiger partial charge in [-0.3, -0.25) is 9.59 Å². The van der Waals surface area contributed by atoms with Crippen LogP contribution in [0.2, 0.25) is 5.02 Å². The van der Waals surface area contributed by atoms with Gasteiger partial charge in [-0.2, -0.15) is 0 Å². The molecule has 1 N–H and O–H groups in total. The Morgan fingerprint density at radius 1 is 1.35 bits per heavy atom. The van der Waals surface area contributed by atoms with Gasteiger partial charge in [0.1, 0.15) is 0 Å². The number of amides is 2. The van der Waals surface area contributed by atoms with E-state index in [4.69, 9.17) is 11.6 Å². The first-order valence-corrected chi connectivity index (χ1v) is 7.33. The van der Waals surface area contributed by atoms with Crippen LogP contribution in [0.3, 0.4) is 0 Å². The monoisotopic (exact) mass is 292 g/mol. The molecule has 2 aliphatic rings. The summed E-state index contributed by atoms with van der Waals surface area (Å²) in [4.78, 5) is 25.8. The number of halogens is 1. The van der Waals surface area contributed by atoms with Crippen molar-refractivity contribution in [1.82, 2.24) is 10.2 Å². The lowest BCUT2D eigenvalue weighted by Gasteiger charge is -2.15. The molecule has 2 fully saturated rings. The van der Waals surface area contributed by atoms with Gasteiger partial charge in [0.2, 0.25) is 11.8 Å². The Hall–Kier alpha value is -1.55. The third kappa shape index (κ3) is 2.80. The number of hydrogen-bond acceptors (Lipinski definition) is 2. The molecular weight excluding hydrogens is 276 g/mol. The lowest BCUT2D eigenvalue weighted by atomic mass is 10.1. The molecule has 0 spiro atoms. The van der Waals surface area contributed by atoms with Gasteiger partial charge >= 0.3 is 0 Å². The Bertz CT molecular complexity index is 542. The van der Waals surface area contributed by atoms with E-state index >= 15 is 0 Å². The van der Waals surface area contributed by atoms with Crippen molar-refractivity contribution in [2.45, 2.75) is 31.8 Å². The van der Waals surface area contributed by atoms with Crippen LogP contribution in [-0.2, 0) is 16.1 Å². The van der Waals surface area contributed by atoms with Crippen LogP contribution in [0.25, 0.3) is 0 Å². The molecule has 1 saturated carbocycles. The topological polar surface area (TPSA) is 49.4 Å². The fourth-order valence-corrected chi connectivity index (χ4v) is 2.82. The third-order valence-corrected chi connectivity index (χ3v) is 4.30. The van der Waals surface area contributed by atoms with Crippen molar-refractivity contribution < 1.29 is 9.59 Å². The molecule has 1 aromatic carbocycles. The molecule has 5 heteroatoms. The number of hydrogen-bond donors (Lipinski definition) is 1. The summed E-state index contributed by atoms with van der Waals surface area (Å²) in [5.74, 6) is -0.155. The van der Waals surface area contributed by atoms with E-state index < -0.39 is 0 Å².